The molecular formula is C13H15N3O3. The van der Waals surface area contributed by atoms with Gasteiger partial charge in [0, 0.05) is 18.4 Å². The molecule has 2 aromatic rings. The van der Waals surface area contributed by atoms with Gasteiger partial charge in [0.2, 0.25) is 0 Å². The number of carbonyl (C=O) groups excluding carboxylic acids is 1. The van der Waals surface area contributed by atoms with E-state index < -0.39 is 5.97 Å². The van der Waals surface area contributed by atoms with Crippen molar-refractivity contribution in [3.8, 4) is 0 Å². The molecule has 1 atom stereocenters. The van der Waals surface area contributed by atoms with Gasteiger partial charge < -0.3 is 10.4 Å². The average molecular weight is 261 g/mol. The van der Waals surface area contributed by atoms with E-state index in [1.165, 1.54) is 0 Å². The Bertz CT molecular complexity index is 606. The molecule has 0 aliphatic carbocycles. The Morgan fingerprint density at radius 3 is 3.00 bits per heavy atom. The number of aromatic amines is 1. The fraction of sp³-hybridized carbons (Fsp3) is 0.308. The molecule has 19 heavy (non-hydrogen) atoms. The molecule has 0 fully saturated rings. The second-order valence-electron chi connectivity index (χ2n) is 4.55. The summed E-state index contributed by atoms with van der Waals surface area (Å²) < 4.78 is 0. The van der Waals surface area contributed by atoms with Gasteiger partial charge in [-0.3, -0.25) is 14.7 Å². The summed E-state index contributed by atoms with van der Waals surface area (Å²) in [6, 6.07) is 5.35. The molecule has 6 heteroatoms. The fourth-order valence-electron chi connectivity index (χ4n) is 1.89. The Morgan fingerprint density at radius 2 is 2.26 bits per heavy atom. The van der Waals surface area contributed by atoms with E-state index in [1.54, 1.807) is 25.3 Å². The molecule has 2 rings (SSSR count). The van der Waals surface area contributed by atoms with Crippen LogP contribution in [0.1, 0.15) is 23.7 Å². The maximum atomic E-state index is 12.0. The van der Waals surface area contributed by atoms with Crippen LogP contribution >= 0.6 is 0 Å². The van der Waals surface area contributed by atoms with E-state index in [2.05, 4.69) is 15.5 Å². The number of aliphatic carboxylic acids is 1. The third kappa shape index (κ3) is 3.09. The molecule has 1 amide bonds. The lowest BCUT2D eigenvalue weighted by atomic mass is 10.1. The molecule has 0 saturated heterocycles. The van der Waals surface area contributed by atoms with Gasteiger partial charge in [0.15, 0.2) is 0 Å². The van der Waals surface area contributed by atoms with Crippen LogP contribution in [-0.2, 0) is 4.79 Å². The topological polar surface area (TPSA) is 95.1 Å². The number of H-pyrrole nitrogens is 1. The van der Waals surface area contributed by atoms with Gasteiger partial charge in [-0.1, -0.05) is 19.1 Å². The van der Waals surface area contributed by atoms with Crippen molar-refractivity contribution >= 4 is 22.8 Å². The lowest BCUT2D eigenvalue weighted by Gasteiger charge is -2.10. The lowest BCUT2D eigenvalue weighted by Crippen LogP contribution is -2.29. The van der Waals surface area contributed by atoms with Crippen LogP contribution in [0.4, 0.5) is 0 Å². The second kappa shape index (κ2) is 5.51. The van der Waals surface area contributed by atoms with Crippen LogP contribution in [0.15, 0.2) is 24.4 Å². The molecule has 1 aromatic carbocycles. The number of para-hydroxylation sites is 1. The third-order valence-corrected chi connectivity index (χ3v) is 2.86. The zero-order valence-corrected chi connectivity index (χ0v) is 10.5. The number of aromatic nitrogens is 2. The predicted octanol–water partition coefficient (Wildman–Crippen LogP) is 1.40. The molecule has 0 radical (unpaired) electrons. The van der Waals surface area contributed by atoms with Crippen LogP contribution < -0.4 is 5.32 Å². The Morgan fingerprint density at radius 1 is 1.47 bits per heavy atom. The number of carboxylic acids is 1. The highest BCUT2D eigenvalue weighted by Gasteiger charge is 2.13. The number of rotatable bonds is 5. The van der Waals surface area contributed by atoms with Gasteiger partial charge in [0.1, 0.15) is 0 Å². The maximum Gasteiger partial charge on any atom is 0.303 e. The molecular weight excluding hydrogens is 246 g/mol. The number of carbonyl (C=O) groups is 2. The van der Waals surface area contributed by atoms with Crippen molar-refractivity contribution < 1.29 is 14.7 Å². The summed E-state index contributed by atoms with van der Waals surface area (Å²) in [6.07, 6.45) is 1.69. The monoisotopic (exact) mass is 261 g/mol. The van der Waals surface area contributed by atoms with Crippen molar-refractivity contribution in [2.24, 2.45) is 5.92 Å². The van der Waals surface area contributed by atoms with E-state index >= 15 is 0 Å². The Balaban J connectivity index is 2.04. The number of fused-ring (bicyclic) bond motifs is 1. The van der Waals surface area contributed by atoms with E-state index in [-0.39, 0.29) is 18.2 Å². The normalized spacial score (nSPS) is 12.3. The molecule has 0 bridgehead atoms. The molecule has 0 aliphatic heterocycles. The summed E-state index contributed by atoms with van der Waals surface area (Å²) in [4.78, 5) is 22.6. The largest absolute Gasteiger partial charge is 0.481 e. The summed E-state index contributed by atoms with van der Waals surface area (Å²) in [5.41, 5.74) is 1.20. The SMILES string of the molecule is CC(CNC(=O)c1cccc2cn[nH]c12)CC(=O)O. The van der Waals surface area contributed by atoms with Gasteiger partial charge >= 0.3 is 5.97 Å². The first-order chi connectivity index (χ1) is 9.08. The predicted molar refractivity (Wildman–Crippen MR) is 69.8 cm³/mol. The van der Waals surface area contributed by atoms with Gasteiger partial charge in [0.05, 0.1) is 17.3 Å². The molecule has 1 heterocycles. The van der Waals surface area contributed by atoms with Crippen molar-refractivity contribution in [2.45, 2.75) is 13.3 Å². The summed E-state index contributed by atoms with van der Waals surface area (Å²) in [5.74, 6) is -1.20. The smallest absolute Gasteiger partial charge is 0.303 e. The van der Waals surface area contributed by atoms with Crippen LogP contribution in [0.2, 0.25) is 0 Å². The van der Waals surface area contributed by atoms with Crippen molar-refractivity contribution in [3.05, 3.63) is 30.0 Å². The minimum atomic E-state index is -0.864. The zero-order chi connectivity index (χ0) is 13.8. The first kappa shape index (κ1) is 13.1. The molecule has 1 unspecified atom stereocenters. The van der Waals surface area contributed by atoms with E-state index in [4.69, 9.17) is 5.11 Å². The minimum Gasteiger partial charge on any atom is -0.481 e. The van der Waals surface area contributed by atoms with E-state index in [0.29, 0.717) is 17.6 Å². The van der Waals surface area contributed by atoms with Gasteiger partial charge in [-0.2, -0.15) is 5.10 Å². The summed E-state index contributed by atoms with van der Waals surface area (Å²) >= 11 is 0. The number of nitrogens with zero attached hydrogens (tertiary/aromatic N) is 1. The van der Waals surface area contributed by atoms with Crippen molar-refractivity contribution in [3.63, 3.8) is 0 Å². The molecule has 0 spiro atoms. The first-order valence-electron chi connectivity index (χ1n) is 6.00. The highest BCUT2D eigenvalue weighted by atomic mass is 16.4. The molecule has 1 aromatic heterocycles. The Labute approximate surface area is 109 Å². The fourth-order valence-corrected chi connectivity index (χ4v) is 1.89. The van der Waals surface area contributed by atoms with Crippen molar-refractivity contribution in [1.29, 1.82) is 0 Å². The average Bonchev–Trinajstić information content (AvgIpc) is 2.83. The number of carboxylic acid groups (broad SMARTS) is 1. The standard InChI is InChI=1S/C13H15N3O3/c1-8(5-11(17)18)6-14-13(19)10-4-2-3-9-7-15-16-12(9)10/h2-4,7-8H,5-6H2,1H3,(H,14,19)(H,15,16)(H,17,18). The lowest BCUT2D eigenvalue weighted by molar-refractivity contribution is -0.137. The van der Waals surface area contributed by atoms with E-state index in [9.17, 15) is 9.59 Å². The van der Waals surface area contributed by atoms with Crippen LogP contribution in [0.25, 0.3) is 10.9 Å². The molecule has 0 saturated carbocycles. The molecule has 3 N–H and O–H groups in total. The third-order valence-electron chi connectivity index (χ3n) is 2.86. The minimum absolute atomic E-state index is 0.0362. The zero-order valence-electron chi connectivity index (χ0n) is 10.5. The van der Waals surface area contributed by atoms with Gasteiger partial charge in [-0.25, -0.2) is 0 Å². The summed E-state index contributed by atoms with van der Waals surface area (Å²) in [6.45, 7) is 2.11. The molecule has 6 nitrogen and oxygen atoms in total. The van der Waals surface area contributed by atoms with Crippen molar-refractivity contribution in [1.82, 2.24) is 15.5 Å². The highest BCUT2D eigenvalue weighted by Crippen LogP contribution is 2.15. The first-order valence-corrected chi connectivity index (χ1v) is 6.00. The Hall–Kier alpha value is -2.37. The maximum absolute atomic E-state index is 12.0. The number of benzene rings is 1. The highest BCUT2D eigenvalue weighted by molar-refractivity contribution is 6.05. The van der Waals surface area contributed by atoms with Crippen molar-refractivity contribution in [2.75, 3.05) is 6.54 Å². The van der Waals surface area contributed by atoms with E-state index in [0.717, 1.165) is 5.39 Å². The van der Waals surface area contributed by atoms with Gasteiger partial charge in [-0.15, -0.1) is 0 Å². The summed E-state index contributed by atoms with van der Waals surface area (Å²) in [5, 5.41) is 18.9. The second-order valence-corrected chi connectivity index (χ2v) is 4.55. The molecule has 0 aliphatic rings. The number of amides is 1. The Kier molecular flexibility index (Phi) is 3.79. The number of nitrogens with one attached hydrogen (secondary N) is 2. The molecule has 100 valence electrons. The van der Waals surface area contributed by atoms with Gasteiger partial charge in [-0.05, 0) is 12.0 Å². The van der Waals surface area contributed by atoms with Crippen LogP contribution in [0.3, 0.4) is 0 Å². The quantitative estimate of drug-likeness (QED) is 0.758. The van der Waals surface area contributed by atoms with E-state index in [1.807, 2.05) is 6.07 Å². The van der Waals surface area contributed by atoms with Crippen LogP contribution in [0, 0.1) is 5.92 Å². The van der Waals surface area contributed by atoms with Crippen LogP contribution in [0.5, 0.6) is 0 Å². The number of hydrogen-bond donors (Lipinski definition) is 3. The van der Waals surface area contributed by atoms with Gasteiger partial charge in [0.25, 0.3) is 5.91 Å². The summed E-state index contributed by atoms with van der Waals surface area (Å²) in [7, 11) is 0. The number of hydrogen-bond acceptors (Lipinski definition) is 3. The van der Waals surface area contributed by atoms with Crippen LogP contribution in [-0.4, -0.2) is 33.7 Å².